The Bertz CT molecular complexity index is 542. The Balaban J connectivity index is 1.99. The van der Waals surface area contributed by atoms with Gasteiger partial charge in [-0.2, -0.15) is 0 Å². The zero-order chi connectivity index (χ0) is 15.2. The van der Waals surface area contributed by atoms with Gasteiger partial charge < -0.3 is 21.1 Å². The summed E-state index contributed by atoms with van der Waals surface area (Å²) < 4.78 is 5.93. The number of hydrogen-bond acceptors (Lipinski definition) is 4. The summed E-state index contributed by atoms with van der Waals surface area (Å²) in [6, 6.07) is 5.53. The Morgan fingerprint density at radius 1 is 1.52 bits per heavy atom. The molecule has 1 heterocycles. The Morgan fingerprint density at radius 3 is 3.05 bits per heavy atom. The fourth-order valence-electron chi connectivity index (χ4n) is 2.14. The van der Waals surface area contributed by atoms with Crippen LogP contribution < -0.4 is 21.1 Å². The summed E-state index contributed by atoms with van der Waals surface area (Å²) in [5, 5.41) is 6.05. The predicted molar refractivity (Wildman–Crippen MR) is 84.8 cm³/mol. The lowest BCUT2D eigenvalue weighted by atomic mass is 10.1. The Morgan fingerprint density at radius 2 is 2.33 bits per heavy atom. The van der Waals surface area contributed by atoms with Gasteiger partial charge in [-0.05, 0) is 31.0 Å². The molecule has 1 unspecified atom stereocenters. The van der Waals surface area contributed by atoms with Gasteiger partial charge in [0.15, 0.2) is 6.10 Å². The van der Waals surface area contributed by atoms with E-state index in [4.69, 9.17) is 10.5 Å². The average Bonchev–Trinajstić information content (AvgIpc) is 2.45. The third-order valence-electron chi connectivity index (χ3n) is 3.20. The molecule has 6 heteroatoms. The number of benzene rings is 1. The number of rotatable bonds is 5. The van der Waals surface area contributed by atoms with Gasteiger partial charge in [0.2, 0.25) is 5.91 Å². The van der Waals surface area contributed by atoms with E-state index in [9.17, 15) is 4.79 Å². The van der Waals surface area contributed by atoms with Crippen molar-refractivity contribution in [2.24, 2.45) is 4.99 Å². The van der Waals surface area contributed by atoms with Crippen molar-refractivity contribution in [3.05, 3.63) is 18.2 Å². The minimum Gasteiger partial charge on any atom is -0.480 e. The number of anilines is 2. The maximum Gasteiger partial charge on any atom is 0.216 e. The first-order chi connectivity index (χ1) is 10.1. The number of hydrogen-bond donors (Lipinski definition) is 3. The van der Waals surface area contributed by atoms with Gasteiger partial charge in [0.1, 0.15) is 11.6 Å². The molecule has 0 aromatic heterocycles. The molecule has 0 radical (unpaired) electrons. The van der Waals surface area contributed by atoms with Crippen molar-refractivity contribution in [2.75, 3.05) is 24.1 Å². The topological polar surface area (TPSA) is 88.7 Å². The van der Waals surface area contributed by atoms with Crippen LogP contribution in [0.1, 0.15) is 26.7 Å². The number of nitrogens with one attached hydrogen (secondary N) is 2. The number of aliphatic imine (C=N–C) groups is 1. The molecule has 1 amide bonds. The second-order valence-electron chi connectivity index (χ2n) is 5.00. The second kappa shape index (κ2) is 6.97. The van der Waals surface area contributed by atoms with Crippen LogP contribution in [0, 0.1) is 0 Å². The van der Waals surface area contributed by atoms with Crippen LogP contribution in [0.3, 0.4) is 0 Å². The number of carbonyl (C=O) groups is 1. The third kappa shape index (κ3) is 4.11. The molecule has 6 nitrogen and oxygen atoms in total. The molecule has 21 heavy (non-hydrogen) atoms. The first-order valence-corrected chi connectivity index (χ1v) is 7.22. The number of ether oxygens (including phenoxy) is 1. The third-order valence-corrected chi connectivity index (χ3v) is 3.20. The van der Waals surface area contributed by atoms with Gasteiger partial charge >= 0.3 is 0 Å². The fourth-order valence-corrected chi connectivity index (χ4v) is 2.14. The van der Waals surface area contributed by atoms with Gasteiger partial charge in [0.25, 0.3) is 0 Å². The highest BCUT2D eigenvalue weighted by Gasteiger charge is 2.24. The molecule has 0 fully saturated rings. The maximum atomic E-state index is 10.8. The van der Waals surface area contributed by atoms with Gasteiger partial charge in [-0.25, -0.2) is 0 Å². The van der Waals surface area contributed by atoms with E-state index in [-0.39, 0.29) is 12.0 Å². The van der Waals surface area contributed by atoms with E-state index in [1.807, 2.05) is 18.2 Å². The molecular weight excluding hydrogens is 268 g/mol. The van der Waals surface area contributed by atoms with Crippen LogP contribution in [0.25, 0.3) is 0 Å². The highest BCUT2D eigenvalue weighted by atomic mass is 16.5. The molecule has 0 saturated heterocycles. The molecular formula is C15H22N4O2. The van der Waals surface area contributed by atoms with Crippen LogP contribution in [0.15, 0.2) is 23.2 Å². The van der Waals surface area contributed by atoms with E-state index >= 15 is 0 Å². The van der Waals surface area contributed by atoms with Gasteiger partial charge in [-0.1, -0.05) is 6.92 Å². The lowest BCUT2D eigenvalue weighted by Gasteiger charge is -2.28. The van der Waals surface area contributed by atoms with Crippen molar-refractivity contribution in [1.29, 1.82) is 0 Å². The zero-order valence-corrected chi connectivity index (χ0v) is 12.5. The zero-order valence-electron chi connectivity index (χ0n) is 12.5. The van der Waals surface area contributed by atoms with E-state index in [1.54, 1.807) is 0 Å². The van der Waals surface area contributed by atoms with Crippen molar-refractivity contribution >= 4 is 23.1 Å². The molecule has 0 aliphatic carbocycles. The minimum atomic E-state index is -0.0677. The van der Waals surface area contributed by atoms with Crippen LogP contribution in [-0.4, -0.2) is 30.9 Å². The molecule has 2 rings (SSSR count). The quantitative estimate of drug-likeness (QED) is 0.569. The first kappa shape index (κ1) is 15.2. The molecule has 114 valence electrons. The molecule has 1 aromatic carbocycles. The number of nitrogen functional groups attached to an aromatic ring is 1. The summed E-state index contributed by atoms with van der Waals surface area (Å²) in [5.74, 6) is 1.60. The Hall–Kier alpha value is -2.24. The second-order valence-corrected chi connectivity index (χ2v) is 5.00. The summed E-state index contributed by atoms with van der Waals surface area (Å²) in [6.45, 7) is 4.84. The highest BCUT2D eigenvalue weighted by molar-refractivity contribution is 6.02. The summed E-state index contributed by atoms with van der Waals surface area (Å²) in [4.78, 5) is 15.3. The number of amidine groups is 1. The average molecular weight is 290 g/mol. The Labute approximate surface area is 124 Å². The monoisotopic (exact) mass is 290 g/mol. The number of nitrogens with zero attached hydrogens (tertiary/aromatic N) is 1. The molecule has 0 saturated carbocycles. The van der Waals surface area contributed by atoms with Crippen LogP contribution >= 0.6 is 0 Å². The maximum absolute atomic E-state index is 10.8. The van der Waals surface area contributed by atoms with Crippen molar-refractivity contribution in [3.8, 4) is 5.75 Å². The lowest BCUT2D eigenvalue weighted by Crippen LogP contribution is -2.37. The molecule has 1 atom stereocenters. The van der Waals surface area contributed by atoms with Crippen LogP contribution in [0.4, 0.5) is 11.4 Å². The number of amides is 1. The molecule has 4 N–H and O–H groups in total. The summed E-state index contributed by atoms with van der Waals surface area (Å²) in [7, 11) is 0. The molecule has 1 aliphatic heterocycles. The van der Waals surface area contributed by atoms with E-state index < -0.39 is 0 Å². The highest BCUT2D eigenvalue weighted by Crippen LogP contribution is 2.32. The minimum absolute atomic E-state index is 0.0161. The summed E-state index contributed by atoms with van der Waals surface area (Å²) >= 11 is 0. The standard InChI is InChI=1S/C15H22N4O2/c1-3-13-15(18-8-4-7-17-10(2)20)19-12-9-11(16)5-6-14(12)21-13/h5-6,9,13H,3-4,7-8,16H2,1-2H3,(H,17,20)(H,18,19). The smallest absolute Gasteiger partial charge is 0.216 e. The number of fused-ring (bicyclic) bond motifs is 1. The normalized spacial score (nSPS) is 18.6. The molecule has 1 aromatic rings. The van der Waals surface area contributed by atoms with E-state index in [0.717, 1.165) is 30.1 Å². The SMILES string of the molecule is CCC1Oc2ccc(N)cc2NC1=NCCCNC(C)=O. The summed E-state index contributed by atoms with van der Waals surface area (Å²) in [5.41, 5.74) is 7.32. The molecule has 0 bridgehead atoms. The lowest BCUT2D eigenvalue weighted by molar-refractivity contribution is -0.118. The summed E-state index contributed by atoms with van der Waals surface area (Å²) in [6.07, 6.45) is 1.56. The van der Waals surface area contributed by atoms with Crippen molar-refractivity contribution < 1.29 is 9.53 Å². The van der Waals surface area contributed by atoms with Crippen molar-refractivity contribution in [1.82, 2.24) is 5.32 Å². The van der Waals surface area contributed by atoms with E-state index in [0.29, 0.717) is 18.8 Å². The Kier molecular flexibility index (Phi) is 5.03. The first-order valence-electron chi connectivity index (χ1n) is 7.22. The van der Waals surface area contributed by atoms with Gasteiger partial charge in [0, 0.05) is 25.7 Å². The molecule has 1 aliphatic rings. The number of nitrogens with two attached hydrogens (primary N) is 1. The predicted octanol–water partition coefficient (Wildman–Crippen LogP) is 1.78. The van der Waals surface area contributed by atoms with Crippen LogP contribution in [-0.2, 0) is 4.79 Å². The van der Waals surface area contributed by atoms with Crippen LogP contribution in [0.5, 0.6) is 5.75 Å². The number of carbonyl (C=O) groups excluding carboxylic acids is 1. The van der Waals surface area contributed by atoms with Gasteiger partial charge in [-0.15, -0.1) is 0 Å². The van der Waals surface area contributed by atoms with Crippen molar-refractivity contribution in [3.63, 3.8) is 0 Å². The van der Waals surface area contributed by atoms with Crippen molar-refractivity contribution in [2.45, 2.75) is 32.8 Å². The van der Waals surface area contributed by atoms with Gasteiger partial charge in [-0.3, -0.25) is 9.79 Å². The molecule has 0 spiro atoms. The van der Waals surface area contributed by atoms with Gasteiger partial charge in [0.05, 0.1) is 5.69 Å². The van der Waals surface area contributed by atoms with Crippen LogP contribution in [0.2, 0.25) is 0 Å². The van der Waals surface area contributed by atoms with E-state index in [2.05, 4.69) is 22.5 Å². The largest absolute Gasteiger partial charge is 0.480 e. The fraction of sp³-hybridized carbons (Fsp3) is 0.467. The van der Waals surface area contributed by atoms with E-state index in [1.165, 1.54) is 6.92 Å².